The van der Waals surface area contributed by atoms with Crippen molar-refractivity contribution < 1.29 is 9.72 Å². The summed E-state index contributed by atoms with van der Waals surface area (Å²) in [5, 5.41) is 14.6. The molecule has 1 atom stereocenters. The topological polar surface area (TPSA) is 75.5 Å². The smallest absolute Gasteiger partial charge is 0.283 e. The molecule has 1 saturated heterocycles. The first kappa shape index (κ1) is 15.7. The number of benzene rings is 1. The van der Waals surface area contributed by atoms with E-state index < -0.39 is 4.92 Å². The highest BCUT2D eigenvalue weighted by atomic mass is 35.5. The minimum atomic E-state index is -0.559. The Bertz CT molecular complexity index is 544. The molecule has 2 rings (SSSR count). The summed E-state index contributed by atoms with van der Waals surface area (Å²) in [5.41, 5.74) is -0.135. The number of nitrogens with zero attached hydrogens (tertiary/aromatic N) is 2. The number of halogens is 1. The van der Waals surface area contributed by atoms with Gasteiger partial charge in [0.05, 0.1) is 4.92 Å². The van der Waals surface area contributed by atoms with Crippen LogP contribution in [0.1, 0.15) is 30.1 Å². The maximum Gasteiger partial charge on any atom is 0.283 e. The number of amides is 1. The number of carbonyl (C=O) groups is 1. The fourth-order valence-electron chi connectivity index (χ4n) is 2.59. The van der Waals surface area contributed by atoms with Crippen LogP contribution in [0.3, 0.4) is 0 Å². The van der Waals surface area contributed by atoms with Crippen molar-refractivity contribution in [2.75, 3.05) is 19.6 Å². The van der Waals surface area contributed by atoms with Gasteiger partial charge in [-0.2, -0.15) is 0 Å². The van der Waals surface area contributed by atoms with Crippen molar-refractivity contribution >= 4 is 23.2 Å². The molecule has 114 valence electrons. The fraction of sp³-hybridized carbons (Fsp3) is 0.500. The molecule has 1 unspecified atom stereocenters. The quantitative estimate of drug-likeness (QED) is 0.669. The predicted molar refractivity (Wildman–Crippen MR) is 80.7 cm³/mol. The number of carbonyl (C=O) groups excluding carboxylic acids is 1. The maximum absolute atomic E-state index is 12.7. The molecule has 21 heavy (non-hydrogen) atoms. The summed E-state index contributed by atoms with van der Waals surface area (Å²) in [6.07, 6.45) is 1.68. The molecule has 1 aliphatic rings. The molecule has 0 spiro atoms. The minimum absolute atomic E-state index is 0.0905. The van der Waals surface area contributed by atoms with Gasteiger partial charge in [0, 0.05) is 30.2 Å². The van der Waals surface area contributed by atoms with E-state index in [-0.39, 0.29) is 28.2 Å². The van der Waals surface area contributed by atoms with Crippen LogP contribution in [-0.2, 0) is 0 Å². The van der Waals surface area contributed by atoms with Gasteiger partial charge in [0.15, 0.2) is 0 Å². The molecule has 1 aromatic carbocycles. The van der Waals surface area contributed by atoms with Crippen LogP contribution in [0, 0.1) is 10.1 Å². The van der Waals surface area contributed by atoms with Crippen LogP contribution in [-0.4, -0.2) is 41.4 Å². The Labute approximate surface area is 128 Å². The Hall–Kier alpha value is -1.66. The second kappa shape index (κ2) is 6.87. The van der Waals surface area contributed by atoms with E-state index in [1.54, 1.807) is 4.90 Å². The van der Waals surface area contributed by atoms with Crippen LogP contribution in [0.15, 0.2) is 18.2 Å². The van der Waals surface area contributed by atoms with Crippen molar-refractivity contribution in [3.8, 4) is 0 Å². The number of rotatable bonds is 5. The van der Waals surface area contributed by atoms with E-state index in [2.05, 4.69) is 5.32 Å². The van der Waals surface area contributed by atoms with E-state index in [9.17, 15) is 14.9 Å². The molecule has 1 amide bonds. The molecular formula is C14H18ClN3O3. The number of nitrogens with one attached hydrogen (secondary N) is 1. The van der Waals surface area contributed by atoms with E-state index >= 15 is 0 Å². The Morgan fingerprint density at radius 3 is 2.90 bits per heavy atom. The Morgan fingerprint density at radius 1 is 1.57 bits per heavy atom. The van der Waals surface area contributed by atoms with Gasteiger partial charge in [-0.25, -0.2) is 0 Å². The summed E-state index contributed by atoms with van der Waals surface area (Å²) < 4.78 is 0. The zero-order valence-corrected chi connectivity index (χ0v) is 12.6. The lowest BCUT2D eigenvalue weighted by Gasteiger charge is -2.28. The second-order valence-corrected chi connectivity index (χ2v) is 5.50. The number of hydrogen-bond donors (Lipinski definition) is 1. The molecule has 0 aliphatic carbocycles. The van der Waals surface area contributed by atoms with E-state index in [0.29, 0.717) is 6.54 Å². The van der Waals surface area contributed by atoms with Gasteiger partial charge < -0.3 is 10.2 Å². The van der Waals surface area contributed by atoms with Crippen LogP contribution in [0.4, 0.5) is 5.69 Å². The first-order valence-corrected chi connectivity index (χ1v) is 7.38. The zero-order chi connectivity index (χ0) is 15.4. The highest BCUT2D eigenvalue weighted by Gasteiger charge is 2.30. The van der Waals surface area contributed by atoms with Crippen molar-refractivity contribution in [2.45, 2.75) is 25.8 Å². The van der Waals surface area contributed by atoms with Crippen molar-refractivity contribution in [3.05, 3.63) is 38.9 Å². The van der Waals surface area contributed by atoms with Gasteiger partial charge in [0.25, 0.3) is 11.6 Å². The molecule has 6 nitrogen and oxygen atoms in total. The Balaban J connectivity index is 2.34. The summed E-state index contributed by atoms with van der Waals surface area (Å²) >= 11 is 5.79. The molecule has 0 saturated carbocycles. The van der Waals surface area contributed by atoms with Gasteiger partial charge >= 0.3 is 0 Å². The first-order chi connectivity index (χ1) is 10.0. The standard InChI is InChI=1S/C14H18ClN3O3/c1-2-7-17(11-5-6-16-9-11)14(19)12-4-3-10(15)8-13(12)18(20)21/h3-4,8,11,16H,2,5-7,9H2,1H3. The van der Waals surface area contributed by atoms with E-state index in [1.807, 2.05) is 6.92 Å². The van der Waals surface area contributed by atoms with Crippen molar-refractivity contribution in [1.29, 1.82) is 0 Å². The van der Waals surface area contributed by atoms with Crippen molar-refractivity contribution in [3.63, 3.8) is 0 Å². The normalized spacial score (nSPS) is 17.7. The molecule has 0 bridgehead atoms. The second-order valence-electron chi connectivity index (χ2n) is 5.06. The summed E-state index contributed by atoms with van der Waals surface area (Å²) in [4.78, 5) is 25.0. The third-order valence-corrected chi connectivity index (χ3v) is 3.82. The van der Waals surface area contributed by atoms with Crippen LogP contribution in [0.2, 0.25) is 5.02 Å². The largest absolute Gasteiger partial charge is 0.334 e. The summed E-state index contributed by atoms with van der Waals surface area (Å²) in [6, 6.07) is 4.27. The van der Waals surface area contributed by atoms with Gasteiger partial charge in [-0.05, 0) is 31.5 Å². The molecule has 1 heterocycles. The lowest BCUT2D eigenvalue weighted by molar-refractivity contribution is -0.385. The third-order valence-electron chi connectivity index (χ3n) is 3.59. The average molecular weight is 312 g/mol. The van der Waals surface area contributed by atoms with Crippen molar-refractivity contribution in [1.82, 2.24) is 10.2 Å². The molecule has 0 aromatic heterocycles. The summed E-state index contributed by atoms with van der Waals surface area (Å²) in [6.45, 7) is 4.16. The molecule has 1 N–H and O–H groups in total. The SMILES string of the molecule is CCCN(C(=O)c1ccc(Cl)cc1[N+](=O)[O-])C1CCNC1. The number of nitro benzene ring substituents is 1. The van der Waals surface area contributed by atoms with Crippen LogP contribution >= 0.6 is 11.6 Å². The molecule has 1 aliphatic heterocycles. The lowest BCUT2D eigenvalue weighted by Crippen LogP contribution is -2.42. The average Bonchev–Trinajstić information content (AvgIpc) is 2.97. The fourth-order valence-corrected chi connectivity index (χ4v) is 2.75. The Kier molecular flexibility index (Phi) is 5.14. The first-order valence-electron chi connectivity index (χ1n) is 7.00. The van der Waals surface area contributed by atoms with Crippen LogP contribution in [0.25, 0.3) is 0 Å². The van der Waals surface area contributed by atoms with Gasteiger partial charge in [-0.15, -0.1) is 0 Å². The van der Waals surface area contributed by atoms with Crippen LogP contribution < -0.4 is 5.32 Å². The van der Waals surface area contributed by atoms with E-state index in [0.717, 1.165) is 25.9 Å². The van der Waals surface area contributed by atoms with E-state index in [1.165, 1.54) is 18.2 Å². The molecule has 7 heteroatoms. The lowest BCUT2D eigenvalue weighted by atomic mass is 10.1. The maximum atomic E-state index is 12.7. The van der Waals surface area contributed by atoms with Gasteiger partial charge in [0.1, 0.15) is 5.56 Å². The van der Waals surface area contributed by atoms with Gasteiger partial charge in [-0.3, -0.25) is 14.9 Å². The zero-order valence-electron chi connectivity index (χ0n) is 11.8. The minimum Gasteiger partial charge on any atom is -0.334 e. The van der Waals surface area contributed by atoms with Crippen molar-refractivity contribution in [2.24, 2.45) is 0 Å². The molecule has 1 fully saturated rings. The van der Waals surface area contributed by atoms with Crippen LogP contribution in [0.5, 0.6) is 0 Å². The summed E-state index contributed by atoms with van der Waals surface area (Å²) in [5.74, 6) is -0.297. The highest BCUT2D eigenvalue weighted by Crippen LogP contribution is 2.26. The molecular weight excluding hydrogens is 294 g/mol. The monoisotopic (exact) mass is 311 g/mol. The Morgan fingerprint density at radius 2 is 2.33 bits per heavy atom. The van der Waals surface area contributed by atoms with Gasteiger partial charge in [-0.1, -0.05) is 18.5 Å². The predicted octanol–water partition coefficient (Wildman–Crippen LogP) is 2.46. The molecule has 1 aromatic rings. The third kappa shape index (κ3) is 3.51. The number of nitro groups is 1. The van der Waals surface area contributed by atoms with Gasteiger partial charge in [0.2, 0.25) is 0 Å². The highest BCUT2D eigenvalue weighted by molar-refractivity contribution is 6.31. The number of hydrogen-bond acceptors (Lipinski definition) is 4. The molecule has 0 radical (unpaired) electrons. The van der Waals surface area contributed by atoms with E-state index in [4.69, 9.17) is 11.6 Å². The summed E-state index contributed by atoms with van der Waals surface area (Å²) in [7, 11) is 0.